The van der Waals surface area contributed by atoms with E-state index in [2.05, 4.69) is 16.8 Å². The van der Waals surface area contributed by atoms with Gasteiger partial charge in [-0.2, -0.15) is 0 Å². The van der Waals surface area contributed by atoms with E-state index in [1.807, 2.05) is 0 Å². The van der Waals surface area contributed by atoms with Gasteiger partial charge >= 0.3 is 0 Å². The summed E-state index contributed by atoms with van der Waals surface area (Å²) in [5, 5.41) is 0. The molecule has 1 rings (SSSR count). The predicted octanol–water partition coefficient (Wildman–Crippen LogP) is -0.310. The van der Waals surface area contributed by atoms with Gasteiger partial charge in [-0.05, 0) is 45.9 Å². The first-order valence-corrected chi connectivity index (χ1v) is 6.10. The van der Waals surface area contributed by atoms with Gasteiger partial charge in [-0.3, -0.25) is 4.90 Å². The van der Waals surface area contributed by atoms with Crippen LogP contribution in [-0.4, -0.2) is 62.2 Å². The average molecular weight is 214 g/mol. The van der Waals surface area contributed by atoms with Crippen molar-refractivity contribution in [2.75, 3.05) is 46.3 Å². The van der Waals surface area contributed by atoms with Crippen molar-refractivity contribution < 1.29 is 0 Å². The van der Waals surface area contributed by atoms with E-state index in [0.717, 1.165) is 32.5 Å². The highest BCUT2D eigenvalue weighted by molar-refractivity contribution is 4.80. The van der Waals surface area contributed by atoms with E-state index in [0.29, 0.717) is 6.04 Å². The molecule has 1 saturated heterocycles. The summed E-state index contributed by atoms with van der Waals surface area (Å²) < 4.78 is 0. The first kappa shape index (κ1) is 12.9. The SMILES string of the molecule is CN1CCN(CCCN)C(CCCN)C1. The summed E-state index contributed by atoms with van der Waals surface area (Å²) in [7, 11) is 2.20. The van der Waals surface area contributed by atoms with E-state index in [-0.39, 0.29) is 0 Å². The Labute approximate surface area is 93.6 Å². The van der Waals surface area contributed by atoms with E-state index in [1.165, 1.54) is 26.1 Å². The lowest BCUT2D eigenvalue weighted by molar-refractivity contribution is 0.0834. The van der Waals surface area contributed by atoms with Crippen LogP contribution in [0.1, 0.15) is 19.3 Å². The molecule has 1 fully saturated rings. The predicted molar refractivity (Wildman–Crippen MR) is 64.8 cm³/mol. The van der Waals surface area contributed by atoms with Gasteiger partial charge in [0.2, 0.25) is 0 Å². The van der Waals surface area contributed by atoms with Gasteiger partial charge in [0.1, 0.15) is 0 Å². The van der Waals surface area contributed by atoms with Gasteiger partial charge in [0.15, 0.2) is 0 Å². The molecule has 0 spiro atoms. The summed E-state index contributed by atoms with van der Waals surface area (Å²) in [5.41, 5.74) is 11.1. The maximum atomic E-state index is 5.57. The number of hydrogen-bond acceptors (Lipinski definition) is 4. The van der Waals surface area contributed by atoms with Crippen molar-refractivity contribution in [2.24, 2.45) is 11.5 Å². The van der Waals surface area contributed by atoms with E-state index >= 15 is 0 Å². The van der Waals surface area contributed by atoms with Crippen LogP contribution >= 0.6 is 0 Å². The topological polar surface area (TPSA) is 58.5 Å². The van der Waals surface area contributed by atoms with Gasteiger partial charge in [0.05, 0.1) is 0 Å². The van der Waals surface area contributed by atoms with Crippen molar-refractivity contribution in [3.63, 3.8) is 0 Å². The minimum Gasteiger partial charge on any atom is -0.330 e. The largest absolute Gasteiger partial charge is 0.330 e. The van der Waals surface area contributed by atoms with Gasteiger partial charge < -0.3 is 16.4 Å². The van der Waals surface area contributed by atoms with Crippen molar-refractivity contribution in [3.05, 3.63) is 0 Å². The quantitative estimate of drug-likeness (QED) is 0.637. The van der Waals surface area contributed by atoms with Crippen molar-refractivity contribution in [1.29, 1.82) is 0 Å². The number of nitrogens with two attached hydrogens (primary N) is 2. The molecular weight excluding hydrogens is 188 g/mol. The Morgan fingerprint density at radius 2 is 1.87 bits per heavy atom. The van der Waals surface area contributed by atoms with Crippen molar-refractivity contribution in [1.82, 2.24) is 9.80 Å². The zero-order valence-corrected chi connectivity index (χ0v) is 9.99. The molecule has 1 atom stereocenters. The third kappa shape index (κ3) is 4.47. The molecule has 0 aromatic carbocycles. The summed E-state index contributed by atoms with van der Waals surface area (Å²) in [6.45, 7) is 6.32. The molecule has 0 bridgehead atoms. The lowest BCUT2D eigenvalue weighted by Crippen LogP contribution is -2.52. The molecule has 90 valence electrons. The molecule has 15 heavy (non-hydrogen) atoms. The van der Waals surface area contributed by atoms with E-state index in [9.17, 15) is 0 Å². The van der Waals surface area contributed by atoms with Crippen LogP contribution in [0, 0.1) is 0 Å². The Morgan fingerprint density at radius 3 is 2.53 bits per heavy atom. The third-order valence-electron chi connectivity index (χ3n) is 3.20. The van der Waals surface area contributed by atoms with Crippen LogP contribution < -0.4 is 11.5 Å². The van der Waals surface area contributed by atoms with Gasteiger partial charge in [-0.1, -0.05) is 0 Å². The first-order valence-electron chi connectivity index (χ1n) is 6.10. The van der Waals surface area contributed by atoms with Gasteiger partial charge in [0.25, 0.3) is 0 Å². The molecule has 0 aromatic heterocycles. The fourth-order valence-electron chi connectivity index (χ4n) is 2.26. The van der Waals surface area contributed by atoms with Crippen molar-refractivity contribution in [3.8, 4) is 0 Å². The van der Waals surface area contributed by atoms with Crippen molar-refractivity contribution in [2.45, 2.75) is 25.3 Å². The average Bonchev–Trinajstić information content (AvgIpc) is 2.25. The van der Waals surface area contributed by atoms with Crippen LogP contribution in [0.5, 0.6) is 0 Å². The molecule has 1 aliphatic heterocycles. The Kier molecular flexibility index (Phi) is 6.17. The maximum Gasteiger partial charge on any atom is 0.0224 e. The lowest BCUT2D eigenvalue weighted by Gasteiger charge is -2.40. The second-order valence-electron chi connectivity index (χ2n) is 4.53. The first-order chi connectivity index (χ1) is 7.27. The molecule has 1 heterocycles. The Balaban J connectivity index is 2.35. The van der Waals surface area contributed by atoms with Crippen LogP contribution in [0.4, 0.5) is 0 Å². The third-order valence-corrected chi connectivity index (χ3v) is 3.20. The highest BCUT2D eigenvalue weighted by Crippen LogP contribution is 2.13. The lowest BCUT2D eigenvalue weighted by atomic mass is 10.1. The van der Waals surface area contributed by atoms with Crippen LogP contribution in [0.25, 0.3) is 0 Å². The van der Waals surface area contributed by atoms with Crippen LogP contribution in [0.3, 0.4) is 0 Å². The van der Waals surface area contributed by atoms with Gasteiger partial charge in [-0.25, -0.2) is 0 Å². The molecule has 0 saturated carbocycles. The molecule has 0 aliphatic carbocycles. The molecule has 4 N–H and O–H groups in total. The van der Waals surface area contributed by atoms with E-state index < -0.39 is 0 Å². The Bertz CT molecular complexity index is 161. The number of hydrogen-bond donors (Lipinski definition) is 2. The number of nitrogens with zero attached hydrogens (tertiary/aromatic N) is 2. The summed E-state index contributed by atoms with van der Waals surface area (Å²) in [6.07, 6.45) is 3.48. The zero-order chi connectivity index (χ0) is 11.1. The maximum absolute atomic E-state index is 5.57. The fourth-order valence-corrected chi connectivity index (χ4v) is 2.26. The molecule has 0 amide bonds. The standard InChI is InChI=1S/C11H26N4/c1-14-8-9-15(7-3-6-13)11(10-14)4-2-5-12/h11H,2-10,12-13H2,1H3. The summed E-state index contributed by atoms with van der Waals surface area (Å²) in [4.78, 5) is 5.00. The molecule has 0 aromatic rings. The van der Waals surface area contributed by atoms with Gasteiger partial charge in [-0.15, -0.1) is 0 Å². The van der Waals surface area contributed by atoms with Crippen molar-refractivity contribution >= 4 is 0 Å². The normalized spacial score (nSPS) is 24.6. The molecule has 0 radical (unpaired) electrons. The number of likely N-dealkylation sites (N-methyl/N-ethyl adjacent to an activating group) is 1. The van der Waals surface area contributed by atoms with Crippen LogP contribution in [0.2, 0.25) is 0 Å². The van der Waals surface area contributed by atoms with Crippen LogP contribution in [0.15, 0.2) is 0 Å². The minimum absolute atomic E-state index is 0.693. The summed E-state index contributed by atoms with van der Waals surface area (Å²) in [5.74, 6) is 0. The number of rotatable bonds is 6. The molecule has 4 nitrogen and oxygen atoms in total. The molecule has 4 heteroatoms. The van der Waals surface area contributed by atoms with Gasteiger partial charge in [0, 0.05) is 25.7 Å². The smallest absolute Gasteiger partial charge is 0.0224 e. The molecule has 1 aliphatic rings. The Hall–Kier alpha value is -0.160. The molecule has 1 unspecified atom stereocenters. The minimum atomic E-state index is 0.693. The highest BCUT2D eigenvalue weighted by Gasteiger charge is 2.23. The second-order valence-corrected chi connectivity index (χ2v) is 4.53. The highest BCUT2D eigenvalue weighted by atomic mass is 15.3. The van der Waals surface area contributed by atoms with E-state index in [4.69, 9.17) is 11.5 Å². The zero-order valence-electron chi connectivity index (χ0n) is 9.99. The monoisotopic (exact) mass is 214 g/mol. The Morgan fingerprint density at radius 1 is 1.13 bits per heavy atom. The summed E-state index contributed by atoms with van der Waals surface area (Å²) in [6, 6.07) is 0.693. The van der Waals surface area contributed by atoms with E-state index in [1.54, 1.807) is 0 Å². The number of piperazine rings is 1. The summed E-state index contributed by atoms with van der Waals surface area (Å²) >= 11 is 0. The molecular formula is C11H26N4. The van der Waals surface area contributed by atoms with Crippen LogP contribution in [-0.2, 0) is 0 Å². The second kappa shape index (κ2) is 7.17. The fraction of sp³-hybridized carbons (Fsp3) is 1.00.